The molecular formula is C24H24N2O3. The Morgan fingerprint density at radius 2 is 1.52 bits per heavy atom. The van der Waals surface area contributed by atoms with Crippen LogP contribution in [0, 0.1) is 0 Å². The van der Waals surface area contributed by atoms with Crippen LogP contribution in [0.1, 0.15) is 22.8 Å². The van der Waals surface area contributed by atoms with Crippen molar-refractivity contribution in [2.24, 2.45) is 0 Å². The minimum atomic E-state index is -0.675. The summed E-state index contributed by atoms with van der Waals surface area (Å²) in [4.78, 5) is 14.6. The summed E-state index contributed by atoms with van der Waals surface area (Å²) >= 11 is 0. The Morgan fingerprint density at radius 1 is 0.862 bits per heavy atom. The molecule has 3 aromatic rings. The second kappa shape index (κ2) is 7.87. The highest BCUT2D eigenvalue weighted by molar-refractivity contribution is 6.02. The lowest BCUT2D eigenvalue weighted by molar-refractivity contribution is 0.0615. The van der Waals surface area contributed by atoms with Crippen LogP contribution in [0.5, 0.6) is 11.5 Å². The molecule has 1 amide bonds. The number of carbonyl (C=O) groups excluding carboxylic acids is 1. The van der Waals surface area contributed by atoms with Crippen LogP contribution in [-0.2, 0) is 5.66 Å². The van der Waals surface area contributed by atoms with Gasteiger partial charge in [0.05, 0.1) is 5.56 Å². The summed E-state index contributed by atoms with van der Waals surface area (Å²) in [6.45, 7) is 2.88. The van der Waals surface area contributed by atoms with Crippen molar-refractivity contribution in [1.82, 2.24) is 4.90 Å². The molecule has 0 fully saturated rings. The van der Waals surface area contributed by atoms with Crippen molar-refractivity contribution in [3.8, 4) is 11.5 Å². The molecule has 0 aromatic heterocycles. The average Bonchev–Trinajstić information content (AvgIpc) is 2.76. The molecule has 0 saturated heterocycles. The molecule has 1 atom stereocenters. The molecule has 148 valence electrons. The number of ether oxygens (including phenoxy) is 2. The van der Waals surface area contributed by atoms with E-state index in [0.29, 0.717) is 18.8 Å². The molecule has 1 heterocycles. The van der Waals surface area contributed by atoms with Gasteiger partial charge in [-0.2, -0.15) is 0 Å². The lowest BCUT2D eigenvalue weighted by atomic mass is 9.94. The normalized spacial score (nSPS) is 18.0. The molecule has 1 aliphatic rings. The number of carbonyl (C=O) groups is 1. The zero-order valence-electron chi connectivity index (χ0n) is 16.6. The van der Waals surface area contributed by atoms with Crippen molar-refractivity contribution in [2.45, 2.75) is 12.6 Å². The number of hydrogen-bond acceptors (Lipinski definition) is 4. The summed E-state index contributed by atoms with van der Waals surface area (Å²) in [6, 6.07) is 25.1. The van der Waals surface area contributed by atoms with E-state index in [9.17, 15) is 4.79 Å². The Balaban J connectivity index is 1.47. The van der Waals surface area contributed by atoms with Crippen molar-refractivity contribution < 1.29 is 14.3 Å². The van der Waals surface area contributed by atoms with Crippen molar-refractivity contribution in [2.75, 3.05) is 25.6 Å². The fraction of sp³-hybridized carbons (Fsp3) is 0.208. The lowest BCUT2D eigenvalue weighted by Crippen LogP contribution is -2.53. The molecule has 0 spiro atoms. The number of anilines is 1. The predicted molar refractivity (Wildman–Crippen MR) is 113 cm³/mol. The highest BCUT2D eigenvalue weighted by atomic mass is 16.5. The quantitative estimate of drug-likeness (QED) is 0.631. The maximum absolute atomic E-state index is 12.9. The summed E-state index contributed by atoms with van der Waals surface area (Å²) in [5.41, 5.74) is 1.79. The topological polar surface area (TPSA) is 50.8 Å². The van der Waals surface area contributed by atoms with E-state index < -0.39 is 5.66 Å². The molecule has 0 saturated carbocycles. The number of nitrogens with zero attached hydrogens (tertiary/aromatic N) is 1. The number of rotatable bonds is 6. The fourth-order valence-corrected chi connectivity index (χ4v) is 3.50. The summed E-state index contributed by atoms with van der Waals surface area (Å²) < 4.78 is 11.6. The van der Waals surface area contributed by atoms with Crippen molar-refractivity contribution in [1.29, 1.82) is 0 Å². The van der Waals surface area contributed by atoms with Crippen LogP contribution in [0.15, 0.2) is 78.9 Å². The number of fused-ring (bicyclic) bond motifs is 1. The van der Waals surface area contributed by atoms with Crippen molar-refractivity contribution >= 4 is 11.6 Å². The average molecular weight is 388 g/mol. The third kappa shape index (κ3) is 3.76. The van der Waals surface area contributed by atoms with E-state index in [0.717, 1.165) is 22.7 Å². The van der Waals surface area contributed by atoms with Crippen LogP contribution in [0.2, 0.25) is 0 Å². The Kier molecular flexibility index (Phi) is 5.12. The molecule has 5 nitrogen and oxygen atoms in total. The van der Waals surface area contributed by atoms with Gasteiger partial charge in [0.2, 0.25) is 0 Å². The van der Waals surface area contributed by atoms with Crippen LogP contribution in [0.3, 0.4) is 0 Å². The van der Waals surface area contributed by atoms with Gasteiger partial charge in [-0.05, 0) is 43.3 Å². The van der Waals surface area contributed by atoms with Crippen LogP contribution in [0.4, 0.5) is 5.69 Å². The van der Waals surface area contributed by atoms with Gasteiger partial charge in [-0.15, -0.1) is 0 Å². The highest BCUT2D eigenvalue weighted by Crippen LogP contribution is 2.37. The van der Waals surface area contributed by atoms with E-state index in [2.05, 4.69) is 5.32 Å². The summed E-state index contributed by atoms with van der Waals surface area (Å²) in [5.74, 6) is 1.55. The summed E-state index contributed by atoms with van der Waals surface area (Å²) in [6.07, 6.45) is 0. The van der Waals surface area contributed by atoms with Gasteiger partial charge >= 0.3 is 0 Å². The second-order valence-electron chi connectivity index (χ2n) is 7.14. The molecule has 0 radical (unpaired) electrons. The minimum absolute atomic E-state index is 0.00978. The Bertz CT molecular complexity index is 1010. The number of hydrogen-bond donors (Lipinski definition) is 1. The van der Waals surface area contributed by atoms with Gasteiger partial charge < -0.3 is 19.7 Å². The first-order valence-corrected chi connectivity index (χ1v) is 9.64. The van der Waals surface area contributed by atoms with Crippen LogP contribution >= 0.6 is 0 Å². The molecule has 5 heteroatoms. The first-order valence-electron chi connectivity index (χ1n) is 9.64. The fourth-order valence-electron chi connectivity index (χ4n) is 3.50. The van der Waals surface area contributed by atoms with Crippen molar-refractivity contribution in [3.63, 3.8) is 0 Å². The lowest BCUT2D eigenvalue weighted by Gasteiger charge is -2.44. The number of nitrogens with one attached hydrogen (secondary N) is 1. The van der Waals surface area contributed by atoms with E-state index in [1.165, 1.54) is 0 Å². The van der Waals surface area contributed by atoms with Gasteiger partial charge in [-0.25, -0.2) is 0 Å². The van der Waals surface area contributed by atoms with Gasteiger partial charge in [-0.3, -0.25) is 4.79 Å². The first kappa shape index (κ1) is 18.9. The number of amides is 1. The first-order chi connectivity index (χ1) is 14.1. The molecule has 1 unspecified atom stereocenters. The monoisotopic (exact) mass is 388 g/mol. The molecule has 4 rings (SSSR count). The molecule has 3 aromatic carbocycles. The Labute approximate surface area is 170 Å². The van der Waals surface area contributed by atoms with Gasteiger partial charge in [0.25, 0.3) is 5.91 Å². The van der Waals surface area contributed by atoms with Crippen LogP contribution < -0.4 is 14.8 Å². The molecule has 29 heavy (non-hydrogen) atoms. The molecule has 1 N–H and O–H groups in total. The molecule has 1 aliphatic heterocycles. The number of para-hydroxylation sites is 2. The highest BCUT2D eigenvalue weighted by Gasteiger charge is 2.40. The SMILES string of the molecule is CN1C(=O)c2ccccc2NC1(C)c1cccc(OCCOc2ccccc2)c1. The summed E-state index contributed by atoms with van der Waals surface area (Å²) in [5, 5.41) is 3.51. The summed E-state index contributed by atoms with van der Waals surface area (Å²) in [7, 11) is 1.81. The van der Waals surface area contributed by atoms with E-state index in [1.54, 1.807) is 4.90 Å². The van der Waals surface area contributed by atoms with Gasteiger partial charge in [0, 0.05) is 18.3 Å². The zero-order valence-corrected chi connectivity index (χ0v) is 16.6. The Hall–Kier alpha value is -3.47. The van der Waals surface area contributed by atoms with Gasteiger partial charge in [0.1, 0.15) is 30.4 Å². The second-order valence-corrected chi connectivity index (χ2v) is 7.14. The third-order valence-electron chi connectivity index (χ3n) is 5.27. The maximum Gasteiger partial charge on any atom is 0.257 e. The van der Waals surface area contributed by atoms with E-state index >= 15 is 0 Å². The van der Waals surface area contributed by atoms with E-state index in [-0.39, 0.29) is 5.91 Å². The molecule has 0 bridgehead atoms. The smallest absolute Gasteiger partial charge is 0.257 e. The third-order valence-corrected chi connectivity index (χ3v) is 5.27. The minimum Gasteiger partial charge on any atom is -0.490 e. The maximum atomic E-state index is 12.9. The molecule has 0 aliphatic carbocycles. The van der Waals surface area contributed by atoms with Crippen LogP contribution in [0.25, 0.3) is 0 Å². The van der Waals surface area contributed by atoms with E-state index in [1.807, 2.05) is 92.8 Å². The van der Waals surface area contributed by atoms with Crippen LogP contribution in [-0.4, -0.2) is 31.1 Å². The van der Waals surface area contributed by atoms with E-state index in [4.69, 9.17) is 9.47 Å². The Morgan fingerprint density at radius 3 is 2.31 bits per heavy atom. The number of benzene rings is 3. The van der Waals surface area contributed by atoms with Crippen molar-refractivity contribution in [3.05, 3.63) is 90.0 Å². The standard InChI is InChI=1S/C24H24N2O3/c1-24(25-22-14-7-6-13-21(22)23(27)26(24)2)18-9-8-12-20(17-18)29-16-15-28-19-10-4-3-5-11-19/h3-14,17,25H,15-16H2,1-2H3. The zero-order chi connectivity index (χ0) is 20.3. The molecular weight excluding hydrogens is 364 g/mol. The van der Waals surface area contributed by atoms with Gasteiger partial charge in [0.15, 0.2) is 0 Å². The largest absolute Gasteiger partial charge is 0.490 e. The predicted octanol–water partition coefficient (Wildman–Crippen LogP) is 4.51. The van der Waals surface area contributed by atoms with Gasteiger partial charge in [-0.1, -0.05) is 42.5 Å².